The van der Waals surface area contributed by atoms with Gasteiger partial charge in [-0.25, -0.2) is 0 Å². The van der Waals surface area contributed by atoms with Crippen LogP contribution in [0.25, 0.3) is 0 Å². The van der Waals surface area contributed by atoms with E-state index in [2.05, 4.69) is 75.6 Å². The molecule has 0 amide bonds. The van der Waals surface area contributed by atoms with Gasteiger partial charge in [0.25, 0.3) is 0 Å². The summed E-state index contributed by atoms with van der Waals surface area (Å²) in [5.74, 6) is 0. The quantitative estimate of drug-likeness (QED) is 0.862. The Hall–Kier alpha value is -1.60. The predicted molar refractivity (Wildman–Crippen MR) is 89.8 cm³/mol. The lowest BCUT2D eigenvalue weighted by Gasteiger charge is -2.30. The van der Waals surface area contributed by atoms with Gasteiger partial charge in [-0.2, -0.15) is 0 Å². The van der Waals surface area contributed by atoms with E-state index in [0.717, 1.165) is 0 Å². The third-order valence-corrected chi connectivity index (χ3v) is 5.01. The molecule has 3 rings (SSSR count). The van der Waals surface area contributed by atoms with Crippen LogP contribution in [0.3, 0.4) is 0 Å². The molecule has 0 radical (unpaired) electrons. The number of nitrogens with one attached hydrogen (secondary N) is 1. The van der Waals surface area contributed by atoms with E-state index < -0.39 is 0 Å². The minimum Gasteiger partial charge on any atom is -0.312 e. The van der Waals surface area contributed by atoms with Crippen LogP contribution < -0.4 is 5.32 Å². The molecule has 1 aliphatic rings. The van der Waals surface area contributed by atoms with Crippen LogP contribution in [0.5, 0.6) is 0 Å². The van der Waals surface area contributed by atoms with Gasteiger partial charge in [0.05, 0.1) is 0 Å². The normalized spacial score (nSPS) is 17.5. The van der Waals surface area contributed by atoms with Gasteiger partial charge in [-0.3, -0.25) is 0 Å². The molecule has 2 aromatic carbocycles. The maximum absolute atomic E-state index is 3.62. The van der Waals surface area contributed by atoms with E-state index in [9.17, 15) is 0 Å². The van der Waals surface area contributed by atoms with Gasteiger partial charge in [0.2, 0.25) is 0 Å². The van der Waals surface area contributed by atoms with Gasteiger partial charge in [-0.05, 0) is 62.9 Å². The zero-order chi connectivity index (χ0) is 15.0. The van der Waals surface area contributed by atoms with E-state index in [-0.39, 0.29) is 5.41 Å². The Kier molecular flexibility index (Phi) is 3.62. The molecule has 1 heteroatoms. The lowest BCUT2D eigenvalue weighted by Crippen LogP contribution is -2.31. The van der Waals surface area contributed by atoms with Crippen LogP contribution in [0.2, 0.25) is 0 Å². The molecule has 21 heavy (non-hydrogen) atoms. The Morgan fingerprint density at radius 2 is 1.52 bits per heavy atom. The summed E-state index contributed by atoms with van der Waals surface area (Å²) >= 11 is 0. The molecule has 0 saturated heterocycles. The third-order valence-electron chi connectivity index (χ3n) is 5.01. The van der Waals surface area contributed by atoms with Crippen molar-refractivity contribution in [2.45, 2.75) is 45.1 Å². The lowest BCUT2D eigenvalue weighted by atomic mass is 9.80. The van der Waals surface area contributed by atoms with Crippen molar-refractivity contribution in [3.63, 3.8) is 0 Å². The van der Waals surface area contributed by atoms with E-state index in [0.29, 0.717) is 6.04 Å². The maximum Gasteiger partial charge on any atom is 0.0421 e. The Morgan fingerprint density at radius 1 is 0.952 bits per heavy atom. The molecule has 1 fully saturated rings. The molecule has 0 aromatic heterocycles. The van der Waals surface area contributed by atoms with Crippen LogP contribution in [0, 0.1) is 20.8 Å². The van der Waals surface area contributed by atoms with E-state index in [4.69, 9.17) is 0 Å². The molecule has 1 unspecified atom stereocenters. The number of hydrogen-bond donors (Lipinski definition) is 1. The molecule has 1 nitrogen and oxygen atoms in total. The van der Waals surface area contributed by atoms with Crippen LogP contribution in [-0.2, 0) is 5.41 Å². The summed E-state index contributed by atoms with van der Waals surface area (Å²) < 4.78 is 0. The summed E-state index contributed by atoms with van der Waals surface area (Å²) in [6, 6.07) is 16.0. The molecule has 0 spiro atoms. The second-order valence-electron chi connectivity index (χ2n) is 6.56. The molecule has 2 aromatic rings. The highest BCUT2D eigenvalue weighted by atomic mass is 14.9. The summed E-state index contributed by atoms with van der Waals surface area (Å²) in [6.45, 7) is 6.68. The number of rotatable bonds is 4. The van der Waals surface area contributed by atoms with Crippen molar-refractivity contribution < 1.29 is 0 Å². The van der Waals surface area contributed by atoms with E-state index in [1.54, 1.807) is 0 Å². The molecule has 0 bridgehead atoms. The second-order valence-corrected chi connectivity index (χ2v) is 6.56. The first-order chi connectivity index (χ1) is 10.1. The molecule has 1 N–H and O–H groups in total. The third kappa shape index (κ3) is 2.40. The van der Waals surface area contributed by atoms with Crippen LogP contribution in [0.1, 0.15) is 46.7 Å². The summed E-state index contributed by atoms with van der Waals surface area (Å²) in [6.07, 6.45) is 2.55. The zero-order valence-corrected chi connectivity index (χ0v) is 13.5. The summed E-state index contributed by atoms with van der Waals surface area (Å²) in [5, 5.41) is 3.62. The van der Waals surface area contributed by atoms with Gasteiger partial charge in [0.1, 0.15) is 0 Å². The van der Waals surface area contributed by atoms with Gasteiger partial charge >= 0.3 is 0 Å². The fourth-order valence-electron chi connectivity index (χ4n) is 3.99. The smallest absolute Gasteiger partial charge is 0.0421 e. The first-order valence-electron chi connectivity index (χ1n) is 7.89. The number of benzene rings is 2. The highest BCUT2D eigenvalue weighted by molar-refractivity contribution is 5.46. The Morgan fingerprint density at radius 3 is 2.00 bits per heavy atom. The summed E-state index contributed by atoms with van der Waals surface area (Å²) in [5.41, 5.74) is 7.42. The van der Waals surface area contributed by atoms with Crippen molar-refractivity contribution in [3.8, 4) is 0 Å². The van der Waals surface area contributed by atoms with Crippen molar-refractivity contribution in [3.05, 3.63) is 70.3 Å². The number of aryl methyl sites for hydroxylation is 3. The molecule has 0 aliphatic heterocycles. The monoisotopic (exact) mass is 279 g/mol. The standard InChI is InChI=1S/C20H25N/c1-14-12-15(2)18(16(3)13-14)19(21-4)20(10-11-20)17-8-6-5-7-9-17/h5-9,12-13,19,21H,10-11H2,1-4H3. The molecular formula is C20H25N. The van der Waals surface area contributed by atoms with Crippen molar-refractivity contribution >= 4 is 0 Å². The highest BCUT2D eigenvalue weighted by Gasteiger charge is 2.51. The van der Waals surface area contributed by atoms with Crippen molar-refractivity contribution in [1.82, 2.24) is 5.32 Å². The topological polar surface area (TPSA) is 12.0 Å². The molecule has 110 valence electrons. The first kappa shape index (κ1) is 14.3. The van der Waals surface area contributed by atoms with Crippen molar-refractivity contribution in [1.29, 1.82) is 0 Å². The molecular weight excluding hydrogens is 254 g/mol. The van der Waals surface area contributed by atoms with Crippen molar-refractivity contribution in [2.24, 2.45) is 0 Å². The Bertz CT molecular complexity index is 615. The minimum absolute atomic E-state index is 0.279. The van der Waals surface area contributed by atoms with Gasteiger partial charge in [0.15, 0.2) is 0 Å². The number of likely N-dealkylation sites (N-methyl/N-ethyl adjacent to an activating group) is 1. The fraction of sp³-hybridized carbons (Fsp3) is 0.400. The predicted octanol–water partition coefficient (Wildman–Crippen LogP) is 4.60. The Balaban J connectivity index is 2.08. The van der Waals surface area contributed by atoms with Gasteiger partial charge in [0, 0.05) is 11.5 Å². The zero-order valence-electron chi connectivity index (χ0n) is 13.5. The highest BCUT2D eigenvalue weighted by Crippen LogP contribution is 2.57. The largest absolute Gasteiger partial charge is 0.312 e. The fourth-order valence-corrected chi connectivity index (χ4v) is 3.99. The average Bonchev–Trinajstić information content (AvgIpc) is 3.25. The van der Waals surface area contributed by atoms with Crippen LogP contribution in [-0.4, -0.2) is 7.05 Å². The van der Waals surface area contributed by atoms with Crippen molar-refractivity contribution in [2.75, 3.05) is 7.05 Å². The molecule has 0 heterocycles. The lowest BCUT2D eigenvalue weighted by molar-refractivity contribution is 0.459. The molecule has 1 saturated carbocycles. The molecule has 1 aliphatic carbocycles. The minimum atomic E-state index is 0.279. The SMILES string of the molecule is CNC(c1c(C)cc(C)cc1C)C1(c2ccccc2)CC1. The Labute approximate surface area is 128 Å². The first-order valence-corrected chi connectivity index (χ1v) is 7.89. The average molecular weight is 279 g/mol. The summed E-state index contributed by atoms with van der Waals surface area (Å²) in [4.78, 5) is 0. The van der Waals surface area contributed by atoms with Crippen LogP contribution in [0.4, 0.5) is 0 Å². The van der Waals surface area contributed by atoms with Crippen LogP contribution >= 0.6 is 0 Å². The molecule has 1 atom stereocenters. The summed E-state index contributed by atoms with van der Waals surface area (Å²) in [7, 11) is 2.10. The van der Waals surface area contributed by atoms with E-state index in [1.165, 1.54) is 40.7 Å². The van der Waals surface area contributed by atoms with Gasteiger partial charge < -0.3 is 5.32 Å². The second kappa shape index (κ2) is 5.31. The van der Waals surface area contributed by atoms with Gasteiger partial charge in [-0.15, -0.1) is 0 Å². The van der Waals surface area contributed by atoms with E-state index >= 15 is 0 Å². The maximum atomic E-state index is 3.62. The van der Waals surface area contributed by atoms with Crippen LogP contribution in [0.15, 0.2) is 42.5 Å². The van der Waals surface area contributed by atoms with E-state index in [1.807, 2.05) is 0 Å². The number of hydrogen-bond acceptors (Lipinski definition) is 1. The van der Waals surface area contributed by atoms with Gasteiger partial charge in [-0.1, -0.05) is 48.0 Å².